The second-order valence-electron chi connectivity index (χ2n) is 1.79. The molecule has 0 aliphatic heterocycles. The van der Waals surface area contributed by atoms with Crippen molar-refractivity contribution >= 4 is 58.1 Å². The summed E-state index contributed by atoms with van der Waals surface area (Å²) in [4.78, 5) is 0. The molecule has 0 atom stereocenters. The molecule has 0 bridgehead atoms. The van der Waals surface area contributed by atoms with Gasteiger partial charge in [-0.25, -0.2) is 0 Å². The largest absolute Gasteiger partial charge is 4.00 e. The molecule has 128 valence electrons. The van der Waals surface area contributed by atoms with E-state index < -0.39 is 58.1 Å². The Bertz CT molecular complexity index is 292. The Balaban J connectivity index is -0.0000000284. The molecule has 0 aromatic heterocycles. The van der Waals surface area contributed by atoms with Gasteiger partial charge in [0.2, 0.25) is 0 Å². The predicted octanol–water partition coefficient (Wildman–Crippen LogP) is -16.3. The molecule has 0 aliphatic carbocycles. The molecule has 0 aromatic carbocycles. The zero-order chi connectivity index (χ0) is 18.0. The summed E-state index contributed by atoms with van der Waals surface area (Å²) in [6.45, 7) is 0. The monoisotopic (exact) mass is 1250 g/mol. The first kappa shape index (κ1) is 46.2. The maximum atomic E-state index is 8.61. The number of rotatable bonds is 0. The molecule has 0 saturated heterocycles. The van der Waals surface area contributed by atoms with E-state index in [2.05, 4.69) is 0 Å². The van der Waals surface area contributed by atoms with Gasteiger partial charge in [0.15, 0.2) is 0 Å². The molecule has 0 aromatic rings. The Labute approximate surface area is 236 Å². The smallest absolute Gasteiger partial charge is 4.00 e. The van der Waals surface area contributed by atoms with E-state index >= 15 is 0 Å². The Morgan fingerprint density at radius 1 is 0.304 bits per heavy atom. The minimum absolute atomic E-state index is 0. The molecule has 0 spiro atoms. The van der Waals surface area contributed by atoms with Crippen molar-refractivity contribution in [1.82, 2.24) is 0 Å². The molecule has 0 N–H and O–H groups in total. The van der Waals surface area contributed by atoms with Crippen LogP contribution in [0.25, 0.3) is 0 Å². The van der Waals surface area contributed by atoms with Crippen LogP contribution in [0.1, 0.15) is 0 Å². The third kappa shape index (κ3) is 689. The van der Waals surface area contributed by atoms with Crippen LogP contribution in [0.4, 0.5) is 0 Å². The van der Waals surface area contributed by atoms with Crippen molar-refractivity contribution in [3.8, 4) is 0 Å². The van der Waals surface area contributed by atoms with Gasteiger partial charge in [-0.1, -0.05) is 0 Å². The van der Waals surface area contributed by atoms with Crippen LogP contribution < -0.4 is 49.1 Å². The van der Waals surface area contributed by atoms with Crippen molar-refractivity contribution in [2.45, 2.75) is 0 Å². The fourth-order valence-corrected chi connectivity index (χ4v) is 0. The minimum atomic E-state index is -5.88. The quantitative estimate of drug-likeness (QED) is 0.203. The van der Waals surface area contributed by atoms with E-state index in [0.29, 0.717) is 0 Å². The normalized spacial score (nSPS) is 10.3. The van der Waals surface area contributed by atoms with Crippen molar-refractivity contribution < 1.29 is 184 Å². The van der Waals surface area contributed by atoms with Crippen molar-refractivity contribution in [3.05, 3.63) is 0 Å². The average Bonchev–Trinajstić information content (AvgIpc) is 1.62. The van der Waals surface area contributed by atoms with Crippen LogP contribution in [0.5, 0.6) is 0 Å². The third-order valence-electron chi connectivity index (χ3n) is 0. The zero-order valence-corrected chi connectivity index (χ0v) is 29.7. The van der Waals surface area contributed by atoms with Gasteiger partial charge < -0.3 is 0 Å². The molecule has 0 heterocycles. The van der Waals surface area contributed by atoms with Gasteiger partial charge in [0, 0.05) is 0 Å². The second-order valence-corrected chi connectivity index (χ2v) is 9.30. The van der Waals surface area contributed by atoms with Gasteiger partial charge in [-0.05, 0) is 0 Å². The summed E-state index contributed by atoms with van der Waals surface area (Å²) in [5.41, 5.74) is 0. The van der Waals surface area contributed by atoms with Crippen LogP contribution in [-0.2, 0) is 15.0 Å². The molecule has 0 aliphatic rings. The van der Waals surface area contributed by atoms with Crippen LogP contribution in [0, 0.1) is 120 Å². The first-order valence-corrected chi connectivity index (χ1v) is 15.2. The molecule has 0 fully saturated rings. The Hall–Kier alpha value is 4.93. The Morgan fingerprint density at radius 3 is 0.304 bits per heavy atom. The molecular weight excluding hydrogens is 1250 g/mol. The SMILES string of the molecule is O=[As]([O-])([O-])[O-].O=[As]([O-])([O-])[O-].O=[As]([O-])([O-])[O-].O=[As]([O-])([O-])[O-].[Th+4].[Th+4].[Th+4]. The summed E-state index contributed by atoms with van der Waals surface area (Å²) >= 11 is -23.5. The summed E-state index contributed by atoms with van der Waals surface area (Å²) in [6, 6.07) is 0. The first-order chi connectivity index (χ1) is 8.00. The van der Waals surface area contributed by atoms with Gasteiger partial charge in [-0.3, -0.25) is 0 Å². The molecule has 16 nitrogen and oxygen atoms in total. The molecule has 0 amide bonds. The van der Waals surface area contributed by atoms with Crippen molar-refractivity contribution in [3.63, 3.8) is 0 Å². The van der Waals surface area contributed by atoms with E-state index in [1.54, 1.807) is 0 Å². The fraction of sp³-hybridized carbons (Fsp3) is 0. The molecule has 0 saturated carbocycles. The van der Waals surface area contributed by atoms with E-state index in [1.165, 1.54) is 0 Å². The van der Waals surface area contributed by atoms with Crippen LogP contribution in [0.2, 0.25) is 0 Å². The van der Waals surface area contributed by atoms with Crippen LogP contribution >= 0.6 is 0 Å². The summed E-state index contributed by atoms with van der Waals surface area (Å²) in [6.07, 6.45) is 0. The van der Waals surface area contributed by atoms with Gasteiger partial charge in [0.05, 0.1) is 0 Å². The molecule has 23 heavy (non-hydrogen) atoms. The summed E-state index contributed by atoms with van der Waals surface area (Å²) < 4.78 is 138. The van der Waals surface area contributed by atoms with Gasteiger partial charge in [-0.2, -0.15) is 0 Å². The number of hydrogen-bond donors (Lipinski definition) is 0. The molecule has 0 unspecified atom stereocenters. The van der Waals surface area contributed by atoms with Crippen LogP contribution in [0.3, 0.4) is 0 Å². The van der Waals surface area contributed by atoms with E-state index in [4.69, 9.17) is 64.1 Å². The Morgan fingerprint density at radius 2 is 0.304 bits per heavy atom. The van der Waals surface area contributed by atoms with Crippen molar-refractivity contribution in [2.24, 2.45) is 0 Å². The summed E-state index contributed by atoms with van der Waals surface area (Å²) in [5, 5.41) is 0. The predicted molar refractivity (Wildman–Crippen MR) is 25.8 cm³/mol. The zero-order valence-electron chi connectivity index (χ0n) is 9.82. The van der Waals surface area contributed by atoms with Crippen LogP contribution in [-0.4, -0.2) is 58.1 Å². The molecule has 0 radical (unpaired) electrons. The minimum Gasteiger partial charge on any atom is 4.00 e. The second kappa shape index (κ2) is 21.6. The fourth-order valence-electron chi connectivity index (χ4n) is 0. The summed E-state index contributed by atoms with van der Waals surface area (Å²) in [7, 11) is 0. The molecular formula is As4O16Th3. The maximum Gasteiger partial charge on any atom is 4.00 e. The van der Waals surface area contributed by atoms with E-state index in [9.17, 15) is 0 Å². The van der Waals surface area contributed by atoms with E-state index in [0.717, 1.165) is 0 Å². The van der Waals surface area contributed by atoms with Crippen LogP contribution in [0.15, 0.2) is 0 Å². The first-order valence-electron chi connectivity index (χ1n) is 2.92. The van der Waals surface area contributed by atoms with E-state index in [1.807, 2.05) is 0 Å². The topological polar surface area (TPSA) is 345 Å². The van der Waals surface area contributed by atoms with Crippen molar-refractivity contribution in [2.75, 3.05) is 0 Å². The van der Waals surface area contributed by atoms with Gasteiger partial charge in [-0.15, -0.1) is 0 Å². The Kier molecular flexibility index (Phi) is 43.5. The van der Waals surface area contributed by atoms with Crippen molar-refractivity contribution in [1.29, 1.82) is 0 Å². The molecule has 0 rings (SSSR count). The van der Waals surface area contributed by atoms with Gasteiger partial charge >= 0.3 is 242 Å². The third-order valence-corrected chi connectivity index (χ3v) is 0. The summed E-state index contributed by atoms with van der Waals surface area (Å²) in [5.74, 6) is 0. The average molecular weight is 1250 g/mol. The van der Waals surface area contributed by atoms with Gasteiger partial charge in [0.1, 0.15) is 0 Å². The standard InChI is InChI=1S/4AsH3O4.3Th/c4*2-1(3,4)5;;;/h4*(H3,2,3,4,5);;;/q;;;;3*+4/p-12. The van der Waals surface area contributed by atoms with Gasteiger partial charge in [0.25, 0.3) is 0 Å². The maximum absolute atomic E-state index is 8.61. The van der Waals surface area contributed by atoms with E-state index in [-0.39, 0.29) is 120 Å². The molecule has 23 heteroatoms. The number of hydrogen-bond acceptors (Lipinski definition) is 16.